The summed E-state index contributed by atoms with van der Waals surface area (Å²) < 4.78 is 40.1. The monoisotopic (exact) mass is 231 g/mol. The Labute approximate surface area is 93.5 Å². The van der Waals surface area contributed by atoms with Crippen molar-refractivity contribution in [1.29, 1.82) is 0 Å². The summed E-state index contributed by atoms with van der Waals surface area (Å²) >= 11 is 0. The third kappa shape index (κ3) is 2.31. The molecular formula is C12H16F3N. The topological polar surface area (TPSA) is 26.0 Å². The number of rotatable bonds is 4. The summed E-state index contributed by atoms with van der Waals surface area (Å²) in [4.78, 5) is 0. The van der Waals surface area contributed by atoms with Gasteiger partial charge < -0.3 is 5.73 Å². The molecule has 0 unspecified atom stereocenters. The van der Waals surface area contributed by atoms with E-state index in [0.29, 0.717) is 6.42 Å². The summed E-state index contributed by atoms with van der Waals surface area (Å²) in [5.41, 5.74) is 4.62. The highest BCUT2D eigenvalue weighted by molar-refractivity contribution is 5.48. The molecular weight excluding hydrogens is 215 g/mol. The van der Waals surface area contributed by atoms with E-state index in [0.717, 1.165) is 19.3 Å². The smallest absolute Gasteiger partial charge is 0.184 e. The number of hydrogen-bond donors (Lipinski definition) is 1. The van der Waals surface area contributed by atoms with Crippen molar-refractivity contribution in [2.45, 2.75) is 39.5 Å². The highest BCUT2D eigenvalue weighted by Gasteiger charge is 2.20. The van der Waals surface area contributed by atoms with Crippen molar-refractivity contribution >= 4 is 5.69 Å². The van der Waals surface area contributed by atoms with Gasteiger partial charge in [-0.15, -0.1) is 0 Å². The molecule has 0 atom stereocenters. The fourth-order valence-electron chi connectivity index (χ4n) is 1.70. The third-order valence-electron chi connectivity index (χ3n) is 2.74. The Morgan fingerprint density at radius 3 is 2.19 bits per heavy atom. The molecule has 0 saturated heterocycles. The van der Waals surface area contributed by atoms with Gasteiger partial charge in [-0.3, -0.25) is 0 Å². The summed E-state index contributed by atoms with van der Waals surface area (Å²) in [6.07, 6.45) is 2.95. The van der Waals surface area contributed by atoms with E-state index in [9.17, 15) is 13.2 Å². The van der Waals surface area contributed by atoms with E-state index in [1.165, 1.54) is 6.92 Å². The summed E-state index contributed by atoms with van der Waals surface area (Å²) in [6, 6.07) is 0. The zero-order chi connectivity index (χ0) is 12.3. The zero-order valence-corrected chi connectivity index (χ0v) is 9.54. The second-order valence-electron chi connectivity index (χ2n) is 3.92. The first-order chi connectivity index (χ1) is 7.50. The first-order valence-electron chi connectivity index (χ1n) is 5.42. The van der Waals surface area contributed by atoms with Crippen LogP contribution in [0.5, 0.6) is 0 Å². The molecule has 0 fully saturated rings. The fourth-order valence-corrected chi connectivity index (χ4v) is 1.70. The molecule has 0 aromatic heterocycles. The van der Waals surface area contributed by atoms with Gasteiger partial charge in [0.05, 0.1) is 0 Å². The largest absolute Gasteiger partial charge is 0.394 e. The molecule has 1 rings (SSSR count). The molecule has 16 heavy (non-hydrogen) atoms. The van der Waals surface area contributed by atoms with Gasteiger partial charge in [0.1, 0.15) is 5.69 Å². The van der Waals surface area contributed by atoms with Crippen LogP contribution >= 0.6 is 0 Å². The van der Waals surface area contributed by atoms with Gasteiger partial charge >= 0.3 is 0 Å². The Kier molecular flexibility index (Phi) is 4.21. The lowest BCUT2D eigenvalue weighted by atomic mass is 10.00. The van der Waals surface area contributed by atoms with Crippen LogP contribution in [0.1, 0.15) is 37.3 Å². The second-order valence-corrected chi connectivity index (χ2v) is 3.92. The maximum absolute atomic E-state index is 13.5. The number of anilines is 1. The molecule has 1 aromatic carbocycles. The van der Waals surface area contributed by atoms with E-state index >= 15 is 0 Å². The molecule has 4 heteroatoms. The second kappa shape index (κ2) is 5.23. The van der Waals surface area contributed by atoms with E-state index in [-0.39, 0.29) is 11.1 Å². The van der Waals surface area contributed by atoms with E-state index in [1.54, 1.807) is 0 Å². The number of unbranched alkanes of at least 4 members (excludes halogenated alkanes) is 2. The van der Waals surface area contributed by atoms with Crippen LogP contribution < -0.4 is 5.73 Å². The quantitative estimate of drug-likeness (QED) is 0.477. The first-order valence-corrected chi connectivity index (χ1v) is 5.42. The minimum Gasteiger partial charge on any atom is -0.394 e. The van der Waals surface area contributed by atoms with E-state index in [4.69, 9.17) is 5.73 Å². The summed E-state index contributed by atoms with van der Waals surface area (Å²) in [5.74, 6) is -3.12. The van der Waals surface area contributed by atoms with Crippen molar-refractivity contribution in [2.24, 2.45) is 0 Å². The molecule has 0 bridgehead atoms. The van der Waals surface area contributed by atoms with Crippen LogP contribution in [0, 0.1) is 24.4 Å². The molecule has 0 amide bonds. The van der Waals surface area contributed by atoms with Crippen molar-refractivity contribution in [3.63, 3.8) is 0 Å². The Morgan fingerprint density at radius 2 is 1.62 bits per heavy atom. The number of nitrogens with two attached hydrogens (primary N) is 1. The summed E-state index contributed by atoms with van der Waals surface area (Å²) in [5, 5.41) is 0. The van der Waals surface area contributed by atoms with Crippen molar-refractivity contribution < 1.29 is 13.2 Å². The minimum atomic E-state index is -1.27. The third-order valence-corrected chi connectivity index (χ3v) is 2.74. The van der Waals surface area contributed by atoms with Crippen LogP contribution in [0.3, 0.4) is 0 Å². The minimum absolute atomic E-state index is 0.109. The Hall–Kier alpha value is -1.19. The van der Waals surface area contributed by atoms with Crippen LogP contribution in [0.4, 0.5) is 18.9 Å². The normalized spacial score (nSPS) is 10.8. The van der Waals surface area contributed by atoms with Gasteiger partial charge in [0.2, 0.25) is 0 Å². The van der Waals surface area contributed by atoms with E-state index in [2.05, 4.69) is 0 Å². The van der Waals surface area contributed by atoms with Gasteiger partial charge in [-0.25, -0.2) is 13.2 Å². The lowest BCUT2D eigenvalue weighted by Crippen LogP contribution is -2.07. The Morgan fingerprint density at radius 1 is 1.00 bits per heavy atom. The predicted octanol–water partition coefficient (Wildman–Crippen LogP) is 3.73. The zero-order valence-electron chi connectivity index (χ0n) is 9.54. The standard InChI is InChI=1S/C12H16F3N/c1-3-4-5-6-8-7(2)9(13)12(16)11(15)10(8)14/h3-6,16H2,1-2H3. The van der Waals surface area contributed by atoms with Gasteiger partial charge in [-0.2, -0.15) is 0 Å². The molecule has 1 nitrogen and oxygen atoms in total. The van der Waals surface area contributed by atoms with Crippen molar-refractivity contribution in [2.75, 3.05) is 5.73 Å². The number of halogens is 3. The van der Waals surface area contributed by atoms with Crippen LogP contribution in [0.2, 0.25) is 0 Å². The van der Waals surface area contributed by atoms with Crippen molar-refractivity contribution in [3.05, 3.63) is 28.6 Å². The van der Waals surface area contributed by atoms with Gasteiger partial charge in [0, 0.05) is 0 Å². The SMILES string of the molecule is CCCCCc1c(C)c(F)c(N)c(F)c1F. The van der Waals surface area contributed by atoms with Gasteiger partial charge in [0.25, 0.3) is 0 Å². The molecule has 90 valence electrons. The molecule has 1 aromatic rings. The van der Waals surface area contributed by atoms with Crippen LogP contribution in [0.25, 0.3) is 0 Å². The lowest BCUT2D eigenvalue weighted by Gasteiger charge is -2.11. The highest BCUT2D eigenvalue weighted by Crippen LogP contribution is 2.27. The fraction of sp³-hybridized carbons (Fsp3) is 0.500. The summed E-state index contributed by atoms with van der Waals surface area (Å²) in [7, 11) is 0. The van der Waals surface area contributed by atoms with Gasteiger partial charge in [0.15, 0.2) is 17.5 Å². The molecule has 0 aliphatic carbocycles. The van der Waals surface area contributed by atoms with Crippen molar-refractivity contribution in [1.82, 2.24) is 0 Å². The maximum Gasteiger partial charge on any atom is 0.184 e. The molecule has 0 heterocycles. The molecule has 0 saturated carbocycles. The Balaban J connectivity index is 3.08. The number of benzene rings is 1. The van der Waals surface area contributed by atoms with E-state index < -0.39 is 23.1 Å². The molecule has 0 radical (unpaired) electrons. The van der Waals surface area contributed by atoms with Gasteiger partial charge in [-0.1, -0.05) is 19.8 Å². The highest BCUT2D eigenvalue weighted by atomic mass is 19.2. The van der Waals surface area contributed by atoms with Crippen LogP contribution in [0.15, 0.2) is 0 Å². The maximum atomic E-state index is 13.5. The van der Waals surface area contributed by atoms with Crippen LogP contribution in [-0.4, -0.2) is 0 Å². The molecule has 0 aliphatic rings. The molecule has 0 aliphatic heterocycles. The predicted molar refractivity (Wildman–Crippen MR) is 58.7 cm³/mol. The van der Waals surface area contributed by atoms with Crippen LogP contribution in [-0.2, 0) is 6.42 Å². The van der Waals surface area contributed by atoms with Gasteiger partial charge in [-0.05, 0) is 30.9 Å². The molecule has 2 N–H and O–H groups in total. The first kappa shape index (κ1) is 12.9. The number of hydrogen-bond acceptors (Lipinski definition) is 1. The lowest BCUT2D eigenvalue weighted by molar-refractivity contribution is 0.484. The van der Waals surface area contributed by atoms with E-state index in [1.807, 2.05) is 6.92 Å². The number of nitrogen functional groups attached to an aromatic ring is 1. The molecule has 0 spiro atoms. The van der Waals surface area contributed by atoms with Crippen molar-refractivity contribution in [3.8, 4) is 0 Å². The summed E-state index contributed by atoms with van der Waals surface area (Å²) in [6.45, 7) is 3.43. The average molecular weight is 231 g/mol. The Bertz CT molecular complexity index is 359. The average Bonchev–Trinajstić information content (AvgIpc) is 2.28.